The lowest BCUT2D eigenvalue weighted by molar-refractivity contribution is 0.451. The third kappa shape index (κ3) is 5.85. The molecule has 0 heterocycles. The first kappa shape index (κ1) is 20.5. The minimum atomic E-state index is 0.143. The van der Waals surface area contributed by atoms with Crippen LogP contribution in [0.4, 0.5) is 0 Å². The fourth-order valence-corrected chi connectivity index (χ4v) is 3.55. The molecule has 1 aromatic carbocycles. The Balaban J connectivity index is 2.80. The molecule has 0 radical (unpaired) electrons. The van der Waals surface area contributed by atoms with Crippen molar-refractivity contribution < 1.29 is 0 Å². The molecule has 0 aromatic heterocycles. The maximum Gasteiger partial charge on any atom is 0.0141 e. The van der Waals surface area contributed by atoms with E-state index in [1.54, 1.807) is 6.20 Å². The first-order chi connectivity index (χ1) is 11.6. The van der Waals surface area contributed by atoms with Crippen LogP contribution in [-0.2, 0) is 11.8 Å². The van der Waals surface area contributed by atoms with Crippen LogP contribution in [0, 0.1) is 6.92 Å². The Labute approximate surface area is 150 Å². The molecule has 0 aliphatic rings. The van der Waals surface area contributed by atoms with Crippen LogP contribution < -0.4 is 5.32 Å². The van der Waals surface area contributed by atoms with Crippen LogP contribution in [0.3, 0.4) is 0 Å². The zero-order chi connectivity index (χ0) is 17.8. The van der Waals surface area contributed by atoms with E-state index in [4.69, 9.17) is 0 Å². The van der Waals surface area contributed by atoms with Crippen molar-refractivity contribution in [3.05, 3.63) is 60.3 Å². The molecular formula is C23H37N. The van der Waals surface area contributed by atoms with Gasteiger partial charge in [0, 0.05) is 12.0 Å². The van der Waals surface area contributed by atoms with Gasteiger partial charge in [0.2, 0.25) is 0 Å². The van der Waals surface area contributed by atoms with Crippen LogP contribution in [-0.4, -0.2) is 6.54 Å². The fraction of sp³-hybridized carbons (Fsp3) is 0.565. The van der Waals surface area contributed by atoms with Crippen molar-refractivity contribution >= 4 is 0 Å². The topological polar surface area (TPSA) is 12.0 Å². The van der Waals surface area contributed by atoms with Crippen molar-refractivity contribution in [1.29, 1.82) is 0 Å². The van der Waals surface area contributed by atoms with Crippen LogP contribution in [0.5, 0.6) is 0 Å². The smallest absolute Gasteiger partial charge is 0.0141 e. The van der Waals surface area contributed by atoms with Crippen molar-refractivity contribution in [3.63, 3.8) is 0 Å². The van der Waals surface area contributed by atoms with E-state index in [-0.39, 0.29) is 5.41 Å². The number of allylic oxidation sites excluding steroid dienone is 1. The molecule has 0 aliphatic carbocycles. The molecule has 0 fully saturated rings. The summed E-state index contributed by atoms with van der Waals surface area (Å²) < 4.78 is 0. The molecule has 1 nitrogen and oxygen atoms in total. The van der Waals surface area contributed by atoms with Gasteiger partial charge in [0.05, 0.1) is 0 Å². The van der Waals surface area contributed by atoms with Gasteiger partial charge < -0.3 is 5.32 Å². The van der Waals surface area contributed by atoms with Gasteiger partial charge in [-0.1, -0.05) is 64.0 Å². The summed E-state index contributed by atoms with van der Waals surface area (Å²) in [6, 6.07) is 7.08. The summed E-state index contributed by atoms with van der Waals surface area (Å²) in [6.07, 6.45) is 13.7. The van der Waals surface area contributed by atoms with Gasteiger partial charge in [-0.2, -0.15) is 0 Å². The Morgan fingerprint density at radius 2 is 1.88 bits per heavy atom. The van der Waals surface area contributed by atoms with Crippen molar-refractivity contribution in [2.75, 3.05) is 6.54 Å². The zero-order valence-electron chi connectivity index (χ0n) is 16.2. The molecule has 24 heavy (non-hydrogen) atoms. The number of unbranched alkanes of at least 4 members (excludes halogenated alkanes) is 3. The standard InChI is InChI=1S/C23H37N/c1-6-10-17-23(7-2,8-3)22-19-21(16-15-20(22)5)14-12-11-13-18-24-9-4/h7,9,15-16,19,24H,2,4,6,8,10-14,17-18H2,1,3,5H3. The minimum absolute atomic E-state index is 0.143. The van der Waals surface area contributed by atoms with E-state index in [2.05, 4.69) is 63.5 Å². The van der Waals surface area contributed by atoms with Gasteiger partial charge in [0.1, 0.15) is 0 Å². The number of rotatable bonds is 13. The summed E-state index contributed by atoms with van der Waals surface area (Å²) >= 11 is 0. The van der Waals surface area contributed by atoms with Gasteiger partial charge in [0.15, 0.2) is 0 Å². The predicted octanol–water partition coefficient (Wildman–Crippen LogP) is 6.46. The average molecular weight is 328 g/mol. The second-order valence-electron chi connectivity index (χ2n) is 6.94. The van der Waals surface area contributed by atoms with Gasteiger partial charge >= 0.3 is 0 Å². The number of benzene rings is 1. The highest BCUT2D eigenvalue weighted by atomic mass is 14.8. The molecule has 1 heteroatoms. The molecular weight excluding hydrogens is 290 g/mol. The third-order valence-corrected chi connectivity index (χ3v) is 5.27. The van der Waals surface area contributed by atoms with Gasteiger partial charge in [-0.25, -0.2) is 0 Å². The molecule has 0 spiro atoms. The van der Waals surface area contributed by atoms with E-state index in [9.17, 15) is 0 Å². The van der Waals surface area contributed by atoms with Crippen LogP contribution in [0.25, 0.3) is 0 Å². The highest BCUT2D eigenvalue weighted by Crippen LogP contribution is 2.37. The van der Waals surface area contributed by atoms with Crippen LogP contribution in [0.1, 0.15) is 75.5 Å². The summed E-state index contributed by atoms with van der Waals surface area (Å²) in [5, 5.41) is 3.17. The van der Waals surface area contributed by atoms with Crippen molar-refractivity contribution in [2.45, 2.75) is 77.6 Å². The highest BCUT2D eigenvalue weighted by molar-refractivity contribution is 5.40. The van der Waals surface area contributed by atoms with E-state index in [1.165, 1.54) is 61.6 Å². The number of hydrogen-bond acceptors (Lipinski definition) is 1. The van der Waals surface area contributed by atoms with Crippen LogP contribution >= 0.6 is 0 Å². The maximum absolute atomic E-state index is 4.19. The molecule has 1 N–H and O–H groups in total. The van der Waals surface area contributed by atoms with Gasteiger partial charge in [-0.05, 0) is 61.9 Å². The normalized spacial score (nSPS) is 13.3. The van der Waals surface area contributed by atoms with Crippen LogP contribution in [0.2, 0.25) is 0 Å². The zero-order valence-corrected chi connectivity index (χ0v) is 16.2. The van der Waals surface area contributed by atoms with Crippen molar-refractivity contribution in [3.8, 4) is 0 Å². The molecule has 134 valence electrons. The molecule has 1 aromatic rings. The first-order valence-corrected chi connectivity index (χ1v) is 9.71. The number of nitrogens with one attached hydrogen (secondary N) is 1. The van der Waals surface area contributed by atoms with E-state index in [0.29, 0.717) is 0 Å². The predicted molar refractivity (Wildman–Crippen MR) is 109 cm³/mol. The molecule has 0 amide bonds. The fourth-order valence-electron chi connectivity index (χ4n) is 3.55. The molecule has 0 bridgehead atoms. The molecule has 1 rings (SSSR count). The Hall–Kier alpha value is -1.50. The van der Waals surface area contributed by atoms with Gasteiger partial charge in [0.25, 0.3) is 0 Å². The van der Waals surface area contributed by atoms with E-state index >= 15 is 0 Å². The van der Waals surface area contributed by atoms with Crippen molar-refractivity contribution in [2.24, 2.45) is 0 Å². The molecule has 0 saturated carbocycles. The Kier molecular flexibility index (Phi) is 9.52. The Morgan fingerprint density at radius 1 is 1.08 bits per heavy atom. The second-order valence-corrected chi connectivity index (χ2v) is 6.94. The molecule has 1 atom stereocenters. The number of hydrogen-bond donors (Lipinski definition) is 1. The quantitative estimate of drug-likeness (QED) is 0.323. The molecule has 0 saturated heterocycles. The number of aryl methyl sites for hydroxylation is 2. The lowest BCUT2D eigenvalue weighted by Crippen LogP contribution is -2.23. The summed E-state index contributed by atoms with van der Waals surface area (Å²) in [7, 11) is 0. The summed E-state index contributed by atoms with van der Waals surface area (Å²) in [5.74, 6) is 0. The lowest BCUT2D eigenvalue weighted by Gasteiger charge is -2.32. The third-order valence-electron chi connectivity index (χ3n) is 5.27. The summed E-state index contributed by atoms with van der Waals surface area (Å²) in [5.41, 5.74) is 4.53. The molecule has 1 unspecified atom stereocenters. The summed E-state index contributed by atoms with van der Waals surface area (Å²) in [4.78, 5) is 0. The monoisotopic (exact) mass is 327 g/mol. The maximum atomic E-state index is 4.19. The average Bonchev–Trinajstić information content (AvgIpc) is 2.61. The first-order valence-electron chi connectivity index (χ1n) is 9.71. The minimum Gasteiger partial charge on any atom is -0.391 e. The van der Waals surface area contributed by atoms with Gasteiger partial charge in [-0.15, -0.1) is 6.58 Å². The van der Waals surface area contributed by atoms with Gasteiger partial charge in [-0.3, -0.25) is 0 Å². The van der Waals surface area contributed by atoms with E-state index in [0.717, 1.165) is 13.0 Å². The lowest BCUT2D eigenvalue weighted by atomic mass is 9.72. The Morgan fingerprint density at radius 3 is 2.50 bits per heavy atom. The van der Waals surface area contributed by atoms with Crippen molar-refractivity contribution in [1.82, 2.24) is 5.32 Å². The Bertz CT molecular complexity index is 503. The molecule has 0 aliphatic heterocycles. The summed E-state index contributed by atoms with van der Waals surface area (Å²) in [6.45, 7) is 15.7. The second kappa shape index (κ2) is 11.1. The SMILES string of the molecule is C=CNCCCCCc1ccc(C)c(C(C=C)(CC)CCCC)c1. The highest BCUT2D eigenvalue weighted by Gasteiger charge is 2.27. The largest absolute Gasteiger partial charge is 0.391 e. The van der Waals surface area contributed by atoms with Crippen LogP contribution in [0.15, 0.2) is 43.6 Å². The van der Waals surface area contributed by atoms with E-state index in [1.807, 2.05) is 0 Å². The van der Waals surface area contributed by atoms with E-state index < -0.39 is 0 Å².